The van der Waals surface area contributed by atoms with Gasteiger partial charge in [-0.3, -0.25) is 9.69 Å². The lowest BCUT2D eigenvalue weighted by Crippen LogP contribution is -2.51. The third-order valence-corrected chi connectivity index (χ3v) is 7.00. The molecule has 0 aromatic heterocycles. The number of nitrogens with zero attached hydrogens (tertiary/aromatic N) is 3. The maximum atomic E-state index is 13.3. The quantitative estimate of drug-likeness (QED) is 0.720. The summed E-state index contributed by atoms with van der Waals surface area (Å²) in [4.78, 5) is 16.3. The molecule has 0 N–H and O–H groups in total. The van der Waals surface area contributed by atoms with Gasteiger partial charge < -0.3 is 4.90 Å². The topological polar surface area (TPSA) is 60.9 Å². The summed E-state index contributed by atoms with van der Waals surface area (Å²) in [6, 6.07) is 13.0. The van der Waals surface area contributed by atoms with Crippen LogP contribution in [0.3, 0.4) is 0 Å². The zero-order valence-electron chi connectivity index (χ0n) is 16.7. The Bertz CT molecular complexity index is 955. The Morgan fingerprint density at radius 2 is 1.72 bits per heavy atom. The number of rotatable bonds is 6. The van der Waals surface area contributed by atoms with Crippen molar-refractivity contribution < 1.29 is 17.6 Å². The van der Waals surface area contributed by atoms with Gasteiger partial charge in [-0.2, -0.15) is 4.31 Å². The fourth-order valence-electron chi connectivity index (χ4n) is 3.30. The number of halogens is 1. The van der Waals surface area contributed by atoms with E-state index < -0.39 is 10.0 Å². The van der Waals surface area contributed by atoms with Crippen LogP contribution in [0.2, 0.25) is 0 Å². The van der Waals surface area contributed by atoms with Crippen molar-refractivity contribution in [3.63, 3.8) is 0 Å². The van der Waals surface area contributed by atoms with Gasteiger partial charge in [-0.15, -0.1) is 0 Å². The van der Waals surface area contributed by atoms with Gasteiger partial charge in [0.15, 0.2) is 0 Å². The highest BCUT2D eigenvalue weighted by Crippen LogP contribution is 2.18. The van der Waals surface area contributed by atoms with E-state index in [2.05, 4.69) is 0 Å². The van der Waals surface area contributed by atoms with Gasteiger partial charge in [0.1, 0.15) is 5.82 Å². The Morgan fingerprint density at radius 3 is 2.34 bits per heavy atom. The highest BCUT2D eigenvalue weighted by molar-refractivity contribution is 7.89. The van der Waals surface area contributed by atoms with Crippen molar-refractivity contribution in [2.45, 2.75) is 18.4 Å². The molecular formula is C21H26FN3O3S. The lowest BCUT2D eigenvalue weighted by Gasteiger charge is -2.34. The second kappa shape index (κ2) is 9.02. The molecule has 1 saturated heterocycles. The number of carbonyl (C=O) groups excluding carboxylic acids is 1. The first-order valence-electron chi connectivity index (χ1n) is 9.53. The van der Waals surface area contributed by atoms with E-state index in [1.807, 2.05) is 11.8 Å². The minimum atomic E-state index is -3.52. The summed E-state index contributed by atoms with van der Waals surface area (Å²) in [5.74, 6) is -0.404. The van der Waals surface area contributed by atoms with E-state index in [1.165, 1.54) is 16.4 Å². The molecule has 1 aliphatic rings. The van der Waals surface area contributed by atoms with Crippen LogP contribution in [0.15, 0.2) is 53.4 Å². The third-order valence-electron chi connectivity index (χ3n) is 5.08. The second-order valence-electron chi connectivity index (χ2n) is 7.37. The number of benzene rings is 2. The molecule has 2 aromatic carbocycles. The van der Waals surface area contributed by atoms with E-state index in [-0.39, 0.29) is 18.3 Å². The van der Waals surface area contributed by atoms with Crippen LogP contribution < -0.4 is 0 Å². The van der Waals surface area contributed by atoms with Crippen LogP contribution in [0.1, 0.15) is 11.1 Å². The Kier molecular flexibility index (Phi) is 6.66. The maximum absolute atomic E-state index is 13.3. The van der Waals surface area contributed by atoms with Crippen molar-refractivity contribution in [3.05, 3.63) is 65.5 Å². The summed E-state index contributed by atoms with van der Waals surface area (Å²) in [6.45, 7) is 4.13. The first kappa shape index (κ1) is 21.4. The highest BCUT2D eigenvalue weighted by Gasteiger charge is 2.29. The number of likely N-dealkylation sites (N-methyl/N-ethyl adjacent to an activating group) is 1. The van der Waals surface area contributed by atoms with E-state index in [1.54, 1.807) is 48.3 Å². The maximum Gasteiger partial charge on any atom is 0.243 e. The molecule has 29 heavy (non-hydrogen) atoms. The Balaban J connectivity index is 1.52. The van der Waals surface area contributed by atoms with Crippen molar-refractivity contribution in [1.29, 1.82) is 0 Å². The van der Waals surface area contributed by atoms with Crippen LogP contribution in [-0.4, -0.2) is 68.2 Å². The average molecular weight is 420 g/mol. The van der Waals surface area contributed by atoms with Crippen molar-refractivity contribution in [1.82, 2.24) is 14.1 Å². The van der Waals surface area contributed by atoms with Gasteiger partial charge in [0.2, 0.25) is 15.9 Å². The molecule has 1 aliphatic heterocycles. The molecule has 0 saturated carbocycles. The third kappa shape index (κ3) is 5.41. The Hall–Kier alpha value is -2.29. The molecule has 3 rings (SSSR count). The molecule has 0 unspecified atom stereocenters. The molecular weight excluding hydrogens is 393 g/mol. The first-order chi connectivity index (χ1) is 13.8. The van der Waals surface area contributed by atoms with Gasteiger partial charge in [-0.05, 0) is 36.8 Å². The van der Waals surface area contributed by atoms with Gasteiger partial charge in [0.25, 0.3) is 0 Å². The fourth-order valence-corrected chi connectivity index (χ4v) is 4.72. The smallest absolute Gasteiger partial charge is 0.243 e. The second-order valence-corrected chi connectivity index (χ2v) is 9.31. The van der Waals surface area contributed by atoms with E-state index in [9.17, 15) is 17.6 Å². The van der Waals surface area contributed by atoms with Gasteiger partial charge in [0, 0.05) is 39.8 Å². The first-order valence-corrected chi connectivity index (χ1v) is 11.0. The summed E-state index contributed by atoms with van der Waals surface area (Å²) in [6.07, 6.45) is 0. The van der Waals surface area contributed by atoms with Crippen LogP contribution in [0, 0.1) is 12.7 Å². The van der Waals surface area contributed by atoms with Crippen LogP contribution in [0.5, 0.6) is 0 Å². The van der Waals surface area contributed by atoms with Crippen LogP contribution >= 0.6 is 0 Å². The predicted molar refractivity (Wildman–Crippen MR) is 109 cm³/mol. The molecule has 0 aliphatic carbocycles. The van der Waals surface area contributed by atoms with Crippen LogP contribution in [-0.2, 0) is 21.4 Å². The summed E-state index contributed by atoms with van der Waals surface area (Å²) in [5, 5.41) is 0. The standard InChI is InChI=1S/C21H26FN3O3S/c1-17-6-8-20(9-7-17)29(27,28)25-12-10-24(11-13-25)16-21(26)23(2)15-18-4-3-5-19(22)14-18/h3-9,14H,10-13,15-16H2,1-2H3. The molecule has 0 radical (unpaired) electrons. The Morgan fingerprint density at radius 1 is 1.07 bits per heavy atom. The number of aryl methyl sites for hydroxylation is 1. The van der Waals surface area contributed by atoms with E-state index in [4.69, 9.17) is 0 Å². The average Bonchev–Trinajstić information content (AvgIpc) is 2.68. The van der Waals surface area contributed by atoms with E-state index >= 15 is 0 Å². The molecule has 1 fully saturated rings. The zero-order chi connectivity index (χ0) is 21.0. The minimum Gasteiger partial charge on any atom is -0.340 e. The van der Waals surface area contributed by atoms with Crippen molar-refractivity contribution >= 4 is 15.9 Å². The van der Waals surface area contributed by atoms with E-state index in [0.29, 0.717) is 37.6 Å². The lowest BCUT2D eigenvalue weighted by atomic mass is 10.2. The van der Waals surface area contributed by atoms with Crippen LogP contribution in [0.4, 0.5) is 4.39 Å². The normalized spacial score (nSPS) is 16.0. The summed E-state index contributed by atoms with van der Waals surface area (Å²) < 4.78 is 40.3. The molecule has 156 valence electrons. The number of hydrogen-bond donors (Lipinski definition) is 0. The molecule has 0 bridgehead atoms. The van der Waals surface area contributed by atoms with Gasteiger partial charge >= 0.3 is 0 Å². The SMILES string of the molecule is Cc1ccc(S(=O)(=O)N2CCN(CC(=O)N(C)Cc3cccc(F)c3)CC2)cc1. The number of hydrogen-bond acceptors (Lipinski definition) is 4. The van der Waals surface area contributed by atoms with Crippen molar-refractivity contribution in [3.8, 4) is 0 Å². The molecule has 0 spiro atoms. The van der Waals surface area contributed by atoms with Gasteiger partial charge in [-0.25, -0.2) is 12.8 Å². The van der Waals surface area contributed by atoms with Crippen molar-refractivity contribution in [2.24, 2.45) is 0 Å². The number of piperazine rings is 1. The van der Waals surface area contributed by atoms with Gasteiger partial charge in [-0.1, -0.05) is 29.8 Å². The lowest BCUT2D eigenvalue weighted by molar-refractivity contribution is -0.131. The summed E-state index contributed by atoms with van der Waals surface area (Å²) >= 11 is 0. The number of amides is 1. The molecule has 0 atom stereocenters. The van der Waals surface area contributed by atoms with E-state index in [0.717, 1.165) is 11.1 Å². The summed E-state index contributed by atoms with van der Waals surface area (Å²) in [7, 11) is -1.83. The van der Waals surface area contributed by atoms with Crippen molar-refractivity contribution in [2.75, 3.05) is 39.8 Å². The highest BCUT2D eigenvalue weighted by atomic mass is 32.2. The zero-order valence-corrected chi connectivity index (χ0v) is 17.5. The minimum absolute atomic E-state index is 0.0795. The predicted octanol–water partition coefficient (Wildman–Crippen LogP) is 2.10. The Labute approximate surface area is 171 Å². The fraction of sp³-hybridized carbons (Fsp3) is 0.381. The largest absolute Gasteiger partial charge is 0.340 e. The van der Waals surface area contributed by atoms with Gasteiger partial charge in [0.05, 0.1) is 11.4 Å². The molecule has 2 aromatic rings. The molecule has 1 amide bonds. The molecule has 1 heterocycles. The van der Waals surface area contributed by atoms with Crippen LogP contribution in [0.25, 0.3) is 0 Å². The monoisotopic (exact) mass is 419 g/mol. The summed E-state index contributed by atoms with van der Waals surface area (Å²) in [5.41, 5.74) is 1.74. The molecule has 8 heteroatoms. The number of sulfonamides is 1. The molecule has 6 nitrogen and oxygen atoms in total. The number of carbonyl (C=O) groups is 1.